The van der Waals surface area contributed by atoms with E-state index in [4.69, 9.17) is 11.5 Å². The van der Waals surface area contributed by atoms with Crippen LogP contribution in [-0.2, 0) is 0 Å². The van der Waals surface area contributed by atoms with Gasteiger partial charge in [0.2, 0.25) is 0 Å². The quantitative estimate of drug-likeness (QED) is 0.621. The Morgan fingerprint density at radius 3 is 1.17 bits per heavy atom. The fourth-order valence-corrected chi connectivity index (χ4v) is 0.984. The van der Waals surface area contributed by atoms with Crippen molar-refractivity contribution in [2.45, 2.75) is 46.2 Å². The van der Waals surface area contributed by atoms with E-state index in [1.54, 1.807) is 0 Å². The van der Waals surface area contributed by atoms with Gasteiger partial charge in [-0.15, -0.1) is 0 Å². The number of nitrogens with two attached hydrogens (primary N) is 2. The maximum atomic E-state index is 5.06. The topological polar surface area (TPSA) is 52.0 Å². The normalized spacial score (nSPS) is 8.75. The van der Waals surface area contributed by atoms with Crippen LogP contribution in [0.4, 0.5) is 0 Å². The summed E-state index contributed by atoms with van der Waals surface area (Å²) in [6, 6.07) is 0. The fourth-order valence-electron chi connectivity index (χ4n) is 0.984. The molecule has 0 amide bonds. The molecule has 0 unspecified atom stereocenters. The van der Waals surface area contributed by atoms with Crippen LogP contribution in [0.2, 0.25) is 19.0 Å². The van der Waals surface area contributed by atoms with Gasteiger partial charge < -0.3 is 11.5 Å². The molecule has 0 saturated heterocycles. The number of rotatable bonds is 5. The first kappa shape index (κ1) is 14.5. The summed E-state index contributed by atoms with van der Waals surface area (Å²) in [5.41, 5.74) is 10.1. The van der Waals surface area contributed by atoms with E-state index in [1.165, 1.54) is 19.0 Å². The molecule has 0 aliphatic rings. The van der Waals surface area contributed by atoms with Crippen molar-refractivity contribution >= 4 is 6.71 Å². The first-order valence-electron chi connectivity index (χ1n) is 5.16. The van der Waals surface area contributed by atoms with Gasteiger partial charge in [-0.3, -0.25) is 0 Å². The summed E-state index contributed by atoms with van der Waals surface area (Å²) in [5, 5.41) is 0. The zero-order valence-corrected chi connectivity index (χ0v) is 8.97. The first-order chi connectivity index (χ1) is 5.76. The van der Waals surface area contributed by atoms with E-state index >= 15 is 0 Å². The largest absolute Gasteiger partial charge is 0.330 e. The zero-order chi connectivity index (χ0) is 9.82. The molecule has 0 aliphatic carbocycles. The average Bonchev–Trinajstić information content (AvgIpc) is 2.10. The molecule has 0 aliphatic heterocycles. The van der Waals surface area contributed by atoms with Gasteiger partial charge >= 0.3 is 0 Å². The first-order valence-corrected chi connectivity index (χ1v) is 5.16. The summed E-state index contributed by atoms with van der Waals surface area (Å²) < 4.78 is 0. The Labute approximate surface area is 78.2 Å². The van der Waals surface area contributed by atoms with Crippen molar-refractivity contribution in [3.05, 3.63) is 0 Å². The molecule has 2 nitrogen and oxygen atoms in total. The Morgan fingerprint density at radius 1 is 0.833 bits per heavy atom. The standard InChI is InChI=1S/C6H15B.C3H10N2/c1-4-7(5-2)6-3;4-2-1-3-5/h4-6H2,1-3H3;1-5H2. The second-order valence-corrected chi connectivity index (χ2v) is 3.02. The predicted octanol–water partition coefficient (Wildman–Crippen LogP) is 1.83. The number of hydrogen-bond acceptors (Lipinski definition) is 2. The van der Waals surface area contributed by atoms with Gasteiger partial charge in [-0.25, -0.2) is 0 Å². The molecule has 0 bridgehead atoms. The molecule has 74 valence electrons. The van der Waals surface area contributed by atoms with Crippen molar-refractivity contribution in [3.63, 3.8) is 0 Å². The molecule has 0 heterocycles. The Bertz CT molecular complexity index is 58.0. The Morgan fingerprint density at radius 2 is 1.17 bits per heavy atom. The third kappa shape index (κ3) is 12.6. The molecule has 0 aromatic heterocycles. The molecule has 12 heavy (non-hydrogen) atoms. The van der Waals surface area contributed by atoms with Crippen molar-refractivity contribution < 1.29 is 0 Å². The van der Waals surface area contributed by atoms with E-state index in [-0.39, 0.29) is 0 Å². The molecule has 0 radical (unpaired) electrons. The van der Waals surface area contributed by atoms with Gasteiger partial charge in [-0.2, -0.15) is 0 Å². The van der Waals surface area contributed by atoms with E-state index in [9.17, 15) is 0 Å². The van der Waals surface area contributed by atoms with Crippen molar-refractivity contribution in [1.82, 2.24) is 0 Å². The van der Waals surface area contributed by atoms with E-state index in [1.807, 2.05) is 0 Å². The molecule has 0 aromatic rings. The minimum atomic E-state index is 0.719. The molecule has 0 fully saturated rings. The van der Waals surface area contributed by atoms with E-state index in [2.05, 4.69) is 20.8 Å². The van der Waals surface area contributed by atoms with Gasteiger partial charge in [-0.05, 0) is 19.5 Å². The highest BCUT2D eigenvalue weighted by molar-refractivity contribution is 6.58. The summed E-state index contributed by atoms with van der Waals surface area (Å²) >= 11 is 0. The zero-order valence-electron chi connectivity index (χ0n) is 8.97. The summed E-state index contributed by atoms with van der Waals surface area (Å²) in [6.45, 7) is 9.21. The summed E-state index contributed by atoms with van der Waals surface area (Å²) in [6.07, 6.45) is 5.01. The third-order valence-corrected chi connectivity index (χ3v) is 2.14. The van der Waals surface area contributed by atoms with Crippen LogP contribution >= 0.6 is 0 Å². The van der Waals surface area contributed by atoms with Crippen LogP contribution in [0.25, 0.3) is 0 Å². The van der Waals surface area contributed by atoms with Gasteiger partial charge in [0, 0.05) is 0 Å². The summed E-state index contributed by atoms with van der Waals surface area (Å²) in [7, 11) is 0. The monoisotopic (exact) mass is 172 g/mol. The van der Waals surface area contributed by atoms with Crippen molar-refractivity contribution in [3.8, 4) is 0 Å². The lowest BCUT2D eigenvalue weighted by Gasteiger charge is -2.00. The second kappa shape index (κ2) is 13.6. The Balaban J connectivity index is 0. The average molecular weight is 172 g/mol. The lowest BCUT2D eigenvalue weighted by molar-refractivity contribution is 0.844. The molecule has 0 atom stereocenters. The minimum absolute atomic E-state index is 0.719. The maximum Gasteiger partial charge on any atom is 0.139 e. The molecule has 0 aromatic carbocycles. The van der Waals surface area contributed by atoms with Gasteiger partial charge in [0.05, 0.1) is 0 Å². The fraction of sp³-hybridized carbons (Fsp3) is 1.00. The van der Waals surface area contributed by atoms with Gasteiger partial charge in [0.15, 0.2) is 0 Å². The highest BCUT2D eigenvalue weighted by Gasteiger charge is 2.01. The number of hydrogen-bond donors (Lipinski definition) is 2. The van der Waals surface area contributed by atoms with Crippen molar-refractivity contribution in [1.29, 1.82) is 0 Å². The van der Waals surface area contributed by atoms with Crippen LogP contribution in [-0.4, -0.2) is 19.8 Å². The van der Waals surface area contributed by atoms with E-state index < -0.39 is 0 Å². The predicted molar refractivity (Wildman–Crippen MR) is 59.9 cm³/mol. The Kier molecular flexibility index (Phi) is 16.4. The van der Waals surface area contributed by atoms with E-state index in [0.29, 0.717) is 0 Å². The minimum Gasteiger partial charge on any atom is -0.330 e. The van der Waals surface area contributed by atoms with Gasteiger partial charge in [0.25, 0.3) is 0 Å². The van der Waals surface area contributed by atoms with Crippen LogP contribution in [0.3, 0.4) is 0 Å². The van der Waals surface area contributed by atoms with Crippen LogP contribution < -0.4 is 11.5 Å². The van der Waals surface area contributed by atoms with Crippen LogP contribution in [0.5, 0.6) is 0 Å². The third-order valence-electron chi connectivity index (χ3n) is 2.14. The Hall–Kier alpha value is -0.0151. The second-order valence-electron chi connectivity index (χ2n) is 3.02. The molecule has 0 spiro atoms. The van der Waals surface area contributed by atoms with Crippen LogP contribution in [0.15, 0.2) is 0 Å². The van der Waals surface area contributed by atoms with Crippen LogP contribution in [0, 0.1) is 0 Å². The van der Waals surface area contributed by atoms with Crippen molar-refractivity contribution in [2.75, 3.05) is 13.1 Å². The molecule has 0 saturated carbocycles. The van der Waals surface area contributed by atoms with E-state index in [0.717, 1.165) is 26.2 Å². The lowest BCUT2D eigenvalue weighted by Crippen LogP contribution is -2.06. The van der Waals surface area contributed by atoms with Gasteiger partial charge in [-0.1, -0.05) is 39.7 Å². The molecular weight excluding hydrogens is 147 g/mol. The smallest absolute Gasteiger partial charge is 0.139 e. The molecule has 4 N–H and O–H groups in total. The SMILES string of the molecule is CCB(CC)CC.NCCCN. The summed E-state index contributed by atoms with van der Waals surface area (Å²) in [4.78, 5) is 0. The van der Waals surface area contributed by atoms with Crippen LogP contribution in [0.1, 0.15) is 27.2 Å². The van der Waals surface area contributed by atoms with Crippen molar-refractivity contribution in [2.24, 2.45) is 11.5 Å². The highest BCUT2D eigenvalue weighted by atomic mass is 14.6. The molecule has 0 rings (SSSR count). The molecular formula is C9H25BN2. The lowest BCUT2D eigenvalue weighted by atomic mass is 9.44. The highest BCUT2D eigenvalue weighted by Crippen LogP contribution is 2.01. The van der Waals surface area contributed by atoms with Gasteiger partial charge in [0.1, 0.15) is 6.71 Å². The summed E-state index contributed by atoms with van der Waals surface area (Å²) in [5.74, 6) is 0. The molecule has 3 heteroatoms. The maximum absolute atomic E-state index is 5.06.